The maximum absolute atomic E-state index is 12.8. The highest BCUT2D eigenvalue weighted by Crippen LogP contribution is 2.46. The van der Waals surface area contributed by atoms with E-state index in [4.69, 9.17) is 15.2 Å². The maximum atomic E-state index is 12.8. The number of carbonyl (C=O) groups excluding carboxylic acids is 1. The molecule has 0 aromatic heterocycles. The number of nitrogens with zero attached hydrogens (tertiary/aromatic N) is 2. The Hall–Kier alpha value is -2.99. The molecule has 1 unspecified atom stereocenters. The Morgan fingerprint density at radius 3 is 2.71 bits per heavy atom. The molecule has 1 saturated carbocycles. The van der Waals surface area contributed by atoms with Crippen LogP contribution in [-0.2, 0) is 14.3 Å². The quantitative estimate of drug-likeness (QED) is 0.382. The van der Waals surface area contributed by atoms with E-state index in [9.17, 15) is 20.2 Å². The lowest BCUT2D eigenvalue weighted by Gasteiger charge is -2.29. The normalized spacial score (nSPS) is 19.6. The third-order valence-corrected chi connectivity index (χ3v) is 6.89. The van der Waals surface area contributed by atoms with Gasteiger partial charge < -0.3 is 15.2 Å². The van der Waals surface area contributed by atoms with Crippen molar-refractivity contribution in [1.82, 2.24) is 0 Å². The lowest BCUT2D eigenvalue weighted by molar-refractivity contribution is -0.385. The molecule has 31 heavy (non-hydrogen) atoms. The molecule has 1 atom stereocenters. The summed E-state index contributed by atoms with van der Waals surface area (Å²) in [5, 5.41) is 21.7. The van der Waals surface area contributed by atoms with Crippen LogP contribution >= 0.6 is 11.8 Å². The molecule has 0 radical (unpaired) electrons. The number of ether oxygens (including phenoxy) is 2. The first kappa shape index (κ1) is 22.7. The van der Waals surface area contributed by atoms with Crippen LogP contribution in [0.4, 0.5) is 5.69 Å². The van der Waals surface area contributed by atoms with Gasteiger partial charge in [0, 0.05) is 22.3 Å². The summed E-state index contributed by atoms with van der Waals surface area (Å²) < 4.78 is 10.7. The topological polar surface area (TPSA) is 128 Å². The van der Waals surface area contributed by atoms with Gasteiger partial charge in [-0.15, -0.1) is 11.8 Å². The zero-order chi connectivity index (χ0) is 22.5. The van der Waals surface area contributed by atoms with Gasteiger partial charge in [-0.3, -0.25) is 10.1 Å². The molecule has 1 aliphatic carbocycles. The van der Waals surface area contributed by atoms with E-state index < -0.39 is 16.8 Å². The Morgan fingerprint density at radius 1 is 1.39 bits per heavy atom. The van der Waals surface area contributed by atoms with E-state index >= 15 is 0 Å². The molecule has 3 rings (SSSR count). The lowest BCUT2D eigenvalue weighted by Crippen LogP contribution is -2.26. The van der Waals surface area contributed by atoms with Gasteiger partial charge in [-0.05, 0) is 38.3 Å². The summed E-state index contributed by atoms with van der Waals surface area (Å²) in [5.74, 6) is -1.42. The molecule has 1 heterocycles. The number of esters is 1. The van der Waals surface area contributed by atoms with Crippen LogP contribution in [0.25, 0.3) is 0 Å². The van der Waals surface area contributed by atoms with Crippen molar-refractivity contribution >= 4 is 23.4 Å². The second-order valence-electron chi connectivity index (χ2n) is 7.47. The van der Waals surface area contributed by atoms with Gasteiger partial charge in [0.2, 0.25) is 5.88 Å². The van der Waals surface area contributed by atoms with E-state index in [1.807, 2.05) is 6.07 Å². The van der Waals surface area contributed by atoms with Crippen LogP contribution in [0.15, 0.2) is 45.9 Å². The Labute approximate surface area is 185 Å². The highest BCUT2D eigenvalue weighted by molar-refractivity contribution is 8.00. The Morgan fingerprint density at radius 2 is 2.10 bits per heavy atom. The molecule has 0 spiro atoms. The average Bonchev–Trinajstić information content (AvgIpc) is 2.74. The van der Waals surface area contributed by atoms with Gasteiger partial charge in [0.15, 0.2) is 0 Å². The smallest absolute Gasteiger partial charge is 0.338 e. The summed E-state index contributed by atoms with van der Waals surface area (Å²) in [6.07, 6.45) is 5.59. The van der Waals surface area contributed by atoms with Crippen LogP contribution < -0.4 is 5.73 Å². The highest BCUT2D eigenvalue weighted by atomic mass is 32.2. The van der Waals surface area contributed by atoms with Crippen molar-refractivity contribution in [2.75, 3.05) is 6.61 Å². The number of nitro benzene ring substituents is 1. The molecule has 1 aliphatic heterocycles. The Kier molecular flexibility index (Phi) is 7.23. The van der Waals surface area contributed by atoms with Gasteiger partial charge in [-0.2, -0.15) is 5.26 Å². The first-order valence-electron chi connectivity index (χ1n) is 10.3. The molecular formula is C22H25N3O5S. The zero-order valence-corrected chi connectivity index (χ0v) is 18.4. The molecule has 2 N–H and O–H groups in total. The zero-order valence-electron chi connectivity index (χ0n) is 17.6. The van der Waals surface area contributed by atoms with Crippen LogP contribution in [0, 0.1) is 21.4 Å². The summed E-state index contributed by atoms with van der Waals surface area (Å²) in [7, 11) is 0. The fraction of sp³-hybridized carbons (Fsp3) is 0.455. The first-order chi connectivity index (χ1) is 14.9. The van der Waals surface area contributed by atoms with Crippen LogP contribution in [-0.4, -0.2) is 22.7 Å². The number of thioether (sulfide) groups is 1. The molecule has 1 fully saturated rings. The summed E-state index contributed by atoms with van der Waals surface area (Å²) in [6.45, 7) is 3.40. The molecule has 2 aliphatic rings. The molecule has 164 valence electrons. The average molecular weight is 444 g/mol. The number of carbonyl (C=O) groups is 1. The standard InChI is InChI=1S/C22H25N3O5S/c1-3-29-22(26)19-13(2)30-21(24)17(12-23)20(19)16-11-14(25(27)28)9-10-18(16)31-15-7-5-4-6-8-15/h9-11,15,20H,3-8,24H2,1-2H3. The van der Waals surface area contributed by atoms with Gasteiger partial charge in [0.05, 0.1) is 23.0 Å². The fourth-order valence-corrected chi connectivity index (χ4v) is 5.40. The number of allylic oxidation sites excluding steroid dienone is 2. The second-order valence-corrected chi connectivity index (χ2v) is 8.81. The number of non-ortho nitro benzene ring substituents is 1. The van der Waals surface area contributed by atoms with Crippen molar-refractivity contribution < 1.29 is 19.2 Å². The Bertz CT molecular complexity index is 989. The number of nitro groups is 1. The monoisotopic (exact) mass is 443 g/mol. The third kappa shape index (κ3) is 4.85. The van der Waals surface area contributed by atoms with Crippen molar-refractivity contribution in [1.29, 1.82) is 5.26 Å². The molecule has 1 aromatic rings. The van der Waals surface area contributed by atoms with E-state index in [1.54, 1.807) is 31.7 Å². The maximum Gasteiger partial charge on any atom is 0.338 e. The SMILES string of the molecule is CCOC(=O)C1=C(C)OC(N)=C(C#N)C1c1cc([N+](=O)[O-])ccc1SC1CCCCC1. The summed E-state index contributed by atoms with van der Waals surface area (Å²) in [4.78, 5) is 24.6. The minimum absolute atomic E-state index is 0.0413. The van der Waals surface area contributed by atoms with Crippen molar-refractivity contribution in [3.8, 4) is 6.07 Å². The number of nitriles is 1. The first-order valence-corrected chi connectivity index (χ1v) is 11.2. The van der Waals surface area contributed by atoms with E-state index in [2.05, 4.69) is 0 Å². The molecule has 0 bridgehead atoms. The minimum Gasteiger partial charge on any atom is -0.463 e. The minimum atomic E-state index is -0.899. The van der Waals surface area contributed by atoms with E-state index in [0.717, 1.165) is 30.6 Å². The van der Waals surface area contributed by atoms with Gasteiger partial charge in [0.1, 0.15) is 17.4 Å². The van der Waals surface area contributed by atoms with Crippen molar-refractivity contribution in [3.05, 3.63) is 56.7 Å². The molecule has 1 aromatic carbocycles. The summed E-state index contributed by atoms with van der Waals surface area (Å²) in [5.41, 5.74) is 6.54. The summed E-state index contributed by atoms with van der Waals surface area (Å²) in [6, 6.07) is 6.62. The van der Waals surface area contributed by atoms with Crippen LogP contribution in [0.5, 0.6) is 0 Å². The number of rotatable bonds is 6. The molecule has 9 heteroatoms. The predicted molar refractivity (Wildman–Crippen MR) is 116 cm³/mol. The molecule has 0 saturated heterocycles. The number of nitrogens with two attached hydrogens (primary N) is 1. The fourth-order valence-electron chi connectivity index (χ4n) is 4.01. The lowest BCUT2D eigenvalue weighted by atomic mass is 9.83. The van der Waals surface area contributed by atoms with Crippen molar-refractivity contribution in [3.63, 3.8) is 0 Å². The van der Waals surface area contributed by atoms with Gasteiger partial charge in [-0.1, -0.05) is 19.3 Å². The summed E-state index contributed by atoms with van der Waals surface area (Å²) >= 11 is 1.64. The van der Waals surface area contributed by atoms with E-state index in [0.29, 0.717) is 10.8 Å². The second kappa shape index (κ2) is 9.88. The van der Waals surface area contributed by atoms with Crippen LogP contribution in [0.1, 0.15) is 57.4 Å². The Balaban J connectivity index is 2.17. The third-order valence-electron chi connectivity index (χ3n) is 5.46. The predicted octanol–water partition coefficient (Wildman–Crippen LogP) is 4.66. The van der Waals surface area contributed by atoms with Gasteiger partial charge >= 0.3 is 5.97 Å². The molecule has 0 amide bonds. The molecule has 8 nitrogen and oxygen atoms in total. The van der Waals surface area contributed by atoms with Crippen LogP contribution in [0.3, 0.4) is 0 Å². The van der Waals surface area contributed by atoms with E-state index in [-0.39, 0.29) is 35.1 Å². The van der Waals surface area contributed by atoms with Gasteiger partial charge in [0.25, 0.3) is 5.69 Å². The highest BCUT2D eigenvalue weighted by Gasteiger charge is 2.38. The van der Waals surface area contributed by atoms with Crippen molar-refractivity contribution in [2.24, 2.45) is 5.73 Å². The van der Waals surface area contributed by atoms with Crippen LogP contribution in [0.2, 0.25) is 0 Å². The molecular weight excluding hydrogens is 418 g/mol. The number of benzene rings is 1. The largest absolute Gasteiger partial charge is 0.463 e. The van der Waals surface area contributed by atoms with E-state index in [1.165, 1.54) is 18.6 Å². The number of hydrogen-bond acceptors (Lipinski definition) is 8. The van der Waals surface area contributed by atoms with Crippen molar-refractivity contribution in [2.45, 2.75) is 62.0 Å². The van der Waals surface area contributed by atoms with Gasteiger partial charge in [-0.25, -0.2) is 4.79 Å². The number of hydrogen-bond donors (Lipinski definition) is 1.